The molecule has 2 atom stereocenters. The Morgan fingerprint density at radius 3 is 1.93 bits per heavy atom. The predicted molar refractivity (Wildman–Crippen MR) is 273 cm³/mol. The van der Waals surface area contributed by atoms with Crippen LogP contribution in [0.4, 0.5) is 26.3 Å². The molecule has 0 N–H and O–H groups in total. The van der Waals surface area contributed by atoms with Gasteiger partial charge in [0, 0.05) is 28.1 Å². The van der Waals surface area contributed by atoms with E-state index < -0.39 is 41.8 Å². The summed E-state index contributed by atoms with van der Waals surface area (Å²) in [5.41, 5.74) is 14.2. The zero-order valence-corrected chi connectivity index (χ0v) is 42.1. The summed E-state index contributed by atoms with van der Waals surface area (Å²) < 4.78 is 100. The number of aryl methyl sites for hydroxylation is 5. The fraction of sp³-hybridized carbons (Fsp3) is 0.339. The lowest BCUT2D eigenvalue weighted by atomic mass is 9.78. The number of aliphatic imine (C=N–C) groups is 1. The SMILES string of the molecule is CCCB(F)n1c(/C=C/C2=C(C)CC(C)C=C2C)c(-c2c(C)cccc2C)c(C)c1/C(=C1N=C(/C=C/c2c(C)cc(C)cc2C)C(C2=C(C)C(C)CC=C2C)=C\1C)c1c(F)c(F)c(F)c(F)c1F. The van der Waals surface area contributed by atoms with Crippen LogP contribution in [0, 0.1) is 82.5 Å². The normalized spacial score (nSPS) is 18.7. The van der Waals surface area contributed by atoms with Gasteiger partial charge < -0.3 is 8.79 Å². The Hall–Kier alpha value is -5.83. The van der Waals surface area contributed by atoms with Gasteiger partial charge in [0.1, 0.15) is 0 Å². The Balaban J connectivity index is 1.73. The van der Waals surface area contributed by atoms with E-state index in [2.05, 4.69) is 52.0 Å². The Morgan fingerprint density at radius 1 is 0.735 bits per heavy atom. The van der Waals surface area contributed by atoms with Crippen LogP contribution in [-0.2, 0) is 0 Å². The number of benzene rings is 3. The van der Waals surface area contributed by atoms with Crippen LogP contribution in [0.3, 0.4) is 0 Å². The molecule has 2 aliphatic carbocycles. The quantitative estimate of drug-likeness (QED) is 0.0617. The highest BCUT2D eigenvalue weighted by Crippen LogP contribution is 2.49. The number of hydrogen-bond donors (Lipinski definition) is 0. The average molecular weight is 925 g/mol. The van der Waals surface area contributed by atoms with Crippen molar-refractivity contribution in [3.8, 4) is 11.1 Å². The Kier molecular flexibility index (Phi) is 14.5. The van der Waals surface area contributed by atoms with E-state index in [0.29, 0.717) is 46.0 Å². The van der Waals surface area contributed by atoms with Crippen molar-refractivity contribution in [1.82, 2.24) is 4.48 Å². The van der Waals surface area contributed by atoms with E-state index >= 15 is 26.3 Å². The number of hydrogen-bond acceptors (Lipinski definition) is 1. The fourth-order valence-electron chi connectivity index (χ4n) is 11.0. The third kappa shape index (κ3) is 8.86. The maximum absolute atomic E-state index is 17.8. The molecule has 0 radical (unpaired) electrons. The van der Waals surface area contributed by atoms with Gasteiger partial charge in [0.2, 0.25) is 5.82 Å². The predicted octanol–water partition coefficient (Wildman–Crippen LogP) is 17.3. The highest BCUT2D eigenvalue weighted by molar-refractivity contribution is 6.50. The van der Waals surface area contributed by atoms with E-state index in [1.54, 1.807) is 13.8 Å². The van der Waals surface area contributed by atoms with Gasteiger partial charge in [0.25, 0.3) is 0 Å². The molecular formula is C59H63BF6N2. The van der Waals surface area contributed by atoms with Crippen LogP contribution >= 0.6 is 0 Å². The molecule has 0 bridgehead atoms. The van der Waals surface area contributed by atoms with Crippen molar-refractivity contribution in [1.29, 1.82) is 0 Å². The lowest BCUT2D eigenvalue weighted by Gasteiger charge is -2.25. The summed E-state index contributed by atoms with van der Waals surface area (Å²) in [5, 5.41) is 0. The first-order valence-electron chi connectivity index (χ1n) is 23.8. The van der Waals surface area contributed by atoms with Gasteiger partial charge in [0.05, 0.1) is 17.0 Å². The minimum Gasteiger partial charge on any atom is -0.355 e. The lowest BCUT2D eigenvalue weighted by Crippen LogP contribution is -2.23. The van der Waals surface area contributed by atoms with E-state index in [1.165, 1.54) is 4.48 Å². The van der Waals surface area contributed by atoms with Crippen molar-refractivity contribution in [3.63, 3.8) is 0 Å². The van der Waals surface area contributed by atoms with Crippen LogP contribution in [-0.4, -0.2) is 17.3 Å². The highest BCUT2D eigenvalue weighted by Gasteiger charge is 2.39. The molecule has 2 nitrogen and oxygen atoms in total. The molecule has 3 aliphatic rings. The van der Waals surface area contributed by atoms with Crippen molar-refractivity contribution in [2.45, 2.75) is 123 Å². The van der Waals surface area contributed by atoms with Crippen molar-refractivity contribution in [2.75, 3.05) is 0 Å². The molecule has 68 heavy (non-hydrogen) atoms. The fourth-order valence-corrected chi connectivity index (χ4v) is 11.0. The molecule has 4 aromatic rings. The highest BCUT2D eigenvalue weighted by atomic mass is 19.2. The Labute approximate surface area is 400 Å². The third-order valence-corrected chi connectivity index (χ3v) is 14.3. The van der Waals surface area contributed by atoms with Crippen molar-refractivity contribution in [2.24, 2.45) is 16.8 Å². The molecule has 0 amide bonds. The second-order valence-electron chi connectivity index (χ2n) is 19.5. The van der Waals surface area contributed by atoms with Gasteiger partial charge in [-0.2, -0.15) is 0 Å². The maximum Gasteiger partial charge on any atom is 0.465 e. The van der Waals surface area contributed by atoms with Crippen LogP contribution in [0.2, 0.25) is 6.32 Å². The van der Waals surface area contributed by atoms with E-state index in [9.17, 15) is 0 Å². The lowest BCUT2D eigenvalue weighted by molar-refractivity contribution is 0.376. The van der Waals surface area contributed by atoms with Crippen molar-refractivity contribution < 1.29 is 26.3 Å². The van der Waals surface area contributed by atoms with Crippen molar-refractivity contribution in [3.05, 3.63) is 190 Å². The summed E-state index contributed by atoms with van der Waals surface area (Å²) in [6.07, 6.45) is 14.0. The van der Waals surface area contributed by atoms with Gasteiger partial charge in [-0.3, -0.25) is 0 Å². The number of allylic oxidation sites excluding steroid dienone is 12. The zero-order chi connectivity index (χ0) is 49.8. The molecule has 3 aromatic carbocycles. The third-order valence-electron chi connectivity index (χ3n) is 14.3. The number of aromatic nitrogens is 1. The first-order chi connectivity index (χ1) is 32.1. The van der Waals surface area contributed by atoms with Crippen molar-refractivity contribution >= 4 is 30.6 Å². The van der Waals surface area contributed by atoms with E-state index in [1.807, 2.05) is 97.9 Å². The molecule has 0 saturated heterocycles. The second kappa shape index (κ2) is 19.6. The summed E-state index contributed by atoms with van der Waals surface area (Å²) in [7, 11) is -1.79. The van der Waals surface area contributed by atoms with Gasteiger partial charge in [-0.05, 0) is 186 Å². The van der Waals surface area contributed by atoms with Gasteiger partial charge >= 0.3 is 7.12 Å². The largest absolute Gasteiger partial charge is 0.465 e. The molecule has 354 valence electrons. The molecular weight excluding hydrogens is 861 g/mol. The molecule has 7 rings (SSSR count). The zero-order valence-electron chi connectivity index (χ0n) is 42.1. The molecule has 0 fully saturated rings. The maximum atomic E-state index is 17.8. The minimum atomic E-state index is -2.28. The monoisotopic (exact) mass is 924 g/mol. The van der Waals surface area contributed by atoms with Gasteiger partial charge in [-0.1, -0.05) is 98.5 Å². The van der Waals surface area contributed by atoms with E-state index in [0.717, 1.165) is 85.2 Å². The summed E-state index contributed by atoms with van der Waals surface area (Å²) in [4.78, 5) is 5.24. The Bertz CT molecular complexity index is 2990. The van der Waals surface area contributed by atoms with Crippen LogP contribution in [0.5, 0.6) is 0 Å². The molecule has 0 saturated carbocycles. The minimum absolute atomic E-state index is 0.00736. The molecule has 1 aromatic heterocycles. The molecule has 9 heteroatoms. The smallest absolute Gasteiger partial charge is 0.355 e. The number of rotatable bonds is 11. The summed E-state index contributed by atoms with van der Waals surface area (Å²) in [6, 6.07) is 10.0. The molecule has 0 spiro atoms. The Morgan fingerprint density at radius 2 is 1.34 bits per heavy atom. The topological polar surface area (TPSA) is 17.3 Å². The molecule has 1 aliphatic heterocycles. The molecule has 2 unspecified atom stereocenters. The first-order valence-corrected chi connectivity index (χ1v) is 23.8. The summed E-state index contributed by atoms with van der Waals surface area (Å²) >= 11 is 0. The van der Waals surface area contributed by atoms with Crippen LogP contribution in [0.25, 0.3) is 28.9 Å². The summed E-state index contributed by atoms with van der Waals surface area (Å²) in [5.74, 6) is -10.1. The summed E-state index contributed by atoms with van der Waals surface area (Å²) in [6.45, 7) is 27.8. The van der Waals surface area contributed by atoms with Gasteiger partial charge in [-0.15, -0.1) is 0 Å². The van der Waals surface area contributed by atoms with Crippen LogP contribution in [0.1, 0.15) is 131 Å². The number of nitrogens with zero attached hydrogens (tertiary/aromatic N) is 2. The van der Waals surface area contributed by atoms with Crippen LogP contribution in [0.15, 0.2) is 110 Å². The van der Waals surface area contributed by atoms with E-state index in [-0.39, 0.29) is 29.2 Å². The molecule has 2 heterocycles. The average Bonchev–Trinajstić information content (AvgIpc) is 3.73. The number of halogens is 6. The van der Waals surface area contributed by atoms with Gasteiger partial charge in [-0.25, -0.2) is 26.9 Å². The van der Waals surface area contributed by atoms with Crippen LogP contribution < -0.4 is 0 Å². The standard InChI is InChI=1S/C59H63BF6N2/c1-15-25-60(66)68-46(24-22-44-38(10)28-31(3)29-39(44)11)50(47-33(5)17-16-18-34(47)6)42(14)59(68)52(51-53(61)55(63)57(65)56(64)54(51)62)58-41(13)49(48-35(7)20-19-32(4)40(48)12)45(67-58)23-21-43-36(8)26-30(2)27-37(43)9/h16-18,20-24,26-28,31-32H,15,19,25,29H2,1-14H3/b23-21+,24-22+,58-52-. The van der Waals surface area contributed by atoms with E-state index in [4.69, 9.17) is 4.99 Å². The van der Waals surface area contributed by atoms with Gasteiger partial charge in [0.15, 0.2) is 23.3 Å². The first kappa shape index (κ1) is 50.1. The second-order valence-corrected chi connectivity index (χ2v) is 19.5.